The van der Waals surface area contributed by atoms with Crippen molar-refractivity contribution in [2.45, 2.75) is 5.92 Å². The van der Waals surface area contributed by atoms with E-state index in [-0.39, 0.29) is 10.6 Å². The van der Waals surface area contributed by atoms with Crippen molar-refractivity contribution >= 4 is 27.5 Å². The van der Waals surface area contributed by atoms with E-state index in [1.165, 1.54) is 12.1 Å². The Hall–Kier alpha value is -0.190. The molecule has 0 saturated heterocycles. The summed E-state index contributed by atoms with van der Waals surface area (Å²) >= 11 is 8.59. The van der Waals surface area contributed by atoms with Gasteiger partial charge in [0.25, 0.3) is 5.92 Å². The van der Waals surface area contributed by atoms with Crippen molar-refractivity contribution in [3.63, 3.8) is 0 Å². The maximum Gasteiger partial charge on any atom is 0.297 e. The van der Waals surface area contributed by atoms with Crippen molar-refractivity contribution in [3.8, 4) is 0 Å². The van der Waals surface area contributed by atoms with Crippen LogP contribution in [0, 0.1) is 0 Å². The summed E-state index contributed by atoms with van der Waals surface area (Å²) in [5.41, 5.74) is -0.369. The van der Waals surface area contributed by atoms with Crippen molar-refractivity contribution in [3.05, 3.63) is 33.3 Å². The third-order valence-corrected chi connectivity index (χ3v) is 2.34. The molecule has 0 amide bonds. The molecule has 72 valence electrons. The second-order valence-corrected chi connectivity index (χ2v) is 3.81. The molecule has 0 unspecified atom stereocenters. The van der Waals surface area contributed by atoms with E-state index in [0.29, 0.717) is 4.47 Å². The van der Waals surface area contributed by atoms with Gasteiger partial charge in [-0.1, -0.05) is 27.5 Å². The Balaban J connectivity index is 3.20. The first kappa shape index (κ1) is 10.9. The van der Waals surface area contributed by atoms with E-state index in [0.717, 1.165) is 0 Å². The summed E-state index contributed by atoms with van der Waals surface area (Å²) in [4.78, 5) is 0. The average Bonchev–Trinajstić information content (AvgIpc) is 2.09. The van der Waals surface area contributed by atoms with Gasteiger partial charge < -0.3 is 5.11 Å². The van der Waals surface area contributed by atoms with Crippen molar-refractivity contribution < 1.29 is 13.9 Å². The zero-order valence-corrected chi connectivity index (χ0v) is 8.74. The van der Waals surface area contributed by atoms with Crippen LogP contribution < -0.4 is 0 Å². The molecule has 0 fully saturated rings. The molecule has 0 heterocycles. The van der Waals surface area contributed by atoms with Crippen LogP contribution in [0.5, 0.6) is 0 Å². The van der Waals surface area contributed by atoms with Gasteiger partial charge in [-0.05, 0) is 18.2 Å². The zero-order valence-electron chi connectivity index (χ0n) is 6.40. The summed E-state index contributed by atoms with van der Waals surface area (Å²) in [6, 6.07) is 4.10. The number of alkyl halides is 2. The van der Waals surface area contributed by atoms with Crippen LogP contribution in [0.1, 0.15) is 5.56 Å². The van der Waals surface area contributed by atoms with Gasteiger partial charge in [0.2, 0.25) is 0 Å². The topological polar surface area (TPSA) is 20.2 Å². The second-order valence-electron chi connectivity index (χ2n) is 2.49. The van der Waals surface area contributed by atoms with E-state index in [1.54, 1.807) is 6.07 Å². The molecule has 0 aromatic heterocycles. The minimum absolute atomic E-state index is 0.0535. The largest absolute Gasteiger partial charge is 0.390 e. The van der Waals surface area contributed by atoms with Crippen LogP contribution in [0.25, 0.3) is 0 Å². The highest BCUT2D eigenvalue weighted by molar-refractivity contribution is 9.10. The van der Waals surface area contributed by atoms with Crippen LogP contribution in [0.15, 0.2) is 22.7 Å². The van der Waals surface area contributed by atoms with E-state index in [4.69, 9.17) is 16.7 Å². The van der Waals surface area contributed by atoms with Crippen LogP contribution >= 0.6 is 27.5 Å². The number of halogens is 4. The predicted octanol–water partition coefficient (Wildman–Crippen LogP) is 3.19. The third-order valence-electron chi connectivity index (χ3n) is 1.52. The van der Waals surface area contributed by atoms with Crippen LogP contribution in [-0.2, 0) is 5.92 Å². The monoisotopic (exact) mass is 270 g/mol. The summed E-state index contributed by atoms with van der Waals surface area (Å²) in [6.07, 6.45) is 0. The molecule has 1 rings (SSSR count). The number of hydrogen-bond acceptors (Lipinski definition) is 1. The lowest BCUT2D eigenvalue weighted by molar-refractivity contribution is -0.0555. The Labute approximate surface area is 87.5 Å². The van der Waals surface area contributed by atoms with Crippen molar-refractivity contribution in [1.29, 1.82) is 0 Å². The fourth-order valence-corrected chi connectivity index (χ4v) is 1.48. The first-order valence-corrected chi connectivity index (χ1v) is 4.58. The summed E-state index contributed by atoms with van der Waals surface area (Å²) in [6.45, 7) is -1.25. The van der Waals surface area contributed by atoms with E-state index in [2.05, 4.69) is 15.9 Å². The highest BCUT2D eigenvalue weighted by Gasteiger charge is 2.32. The van der Waals surface area contributed by atoms with Crippen molar-refractivity contribution in [2.75, 3.05) is 6.61 Å². The highest BCUT2D eigenvalue weighted by Crippen LogP contribution is 2.34. The quantitative estimate of drug-likeness (QED) is 0.876. The fourth-order valence-electron chi connectivity index (χ4n) is 0.863. The lowest BCUT2D eigenvalue weighted by atomic mass is 10.1. The molecule has 1 nitrogen and oxygen atoms in total. The molecule has 0 bridgehead atoms. The smallest absolute Gasteiger partial charge is 0.297 e. The molecule has 0 aliphatic heterocycles. The van der Waals surface area contributed by atoms with Crippen LogP contribution in [-0.4, -0.2) is 11.7 Å². The van der Waals surface area contributed by atoms with Gasteiger partial charge in [0, 0.05) is 15.1 Å². The highest BCUT2D eigenvalue weighted by atomic mass is 79.9. The van der Waals surface area contributed by atoms with Gasteiger partial charge in [0.15, 0.2) is 0 Å². The first-order valence-electron chi connectivity index (χ1n) is 3.41. The van der Waals surface area contributed by atoms with Crippen LogP contribution in [0.2, 0.25) is 5.02 Å². The predicted molar refractivity (Wildman–Crippen MR) is 50.1 cm³/mol. The standard InChI is InChI=1S/C8H6BrClF2O/c9-5-1-2-7(10)6(3-5)8(11,12)4-13/h1-3,13H,4H2. The maximum absolute atomic E-state index is 13.0. The van der Waals surface area contributed by atoms with E-state index in [1.807, 2.05) is 0 Å². The van der Waals surface area contributed by atoms with Crippen molar-refractivity contribution in [1.82, 2.24) is 0 Å². The number of rotatable bonds is 2. The molecule has 0 atom stereocenters. The lowest BCUT2D eigenvalue weighted by Gasteiger charge is -2.15. The van der Waals surface area contributed by atoms with Gasteiger partial charge >= 0.3 is 0 Å². The molecule has 1 aromatic carbocycles. The molecule has 5 heteroatoms. The Morgan fingerprint density at radius 2 is 2.08 bits per heavy atom. The maximum atomic E-state index is 13.0. The van der Waals surface area contributed by atoms with Crippen LogP contribution in [0.3, 0.4) is 0 Å². The Kier molecular flexibility index (Phi) is 3.27. The molecule has 0 aliphatic carbocycles. The van der Waals surface area contributed by atoms with Gasteiger partial charge in [-0.3, -0.25) is 0 Å². The Morgan fingerprint density at radius 1 is 1.46 bits per heavy atom. The Bertz CT molecular complexity index is 317. The molecule has 0 spiro atoms. The molecular weight excluding hydrogens is 265 g/mol. The van der Waals surface area contributed by atoms with Gasteiger partial charge in [-0.2, -0.15) is 8.78 Å². The minimum Gasteiger partial charge on any atom is -0.390 e. The van der Waals surface area contributed by atoms with Gasteiger partial charge in [-0.15, -0.1) is 0 Å². The normalized spacial score (nSPS) is 11.8. The Morgan fingerprint density at radius 3 is 2.62 bits per heavy atom. The van der Waals surface area contributed by atoms with E-state index >= 15 is 0 Å². The number of aliphatic hydroxyl groups is 1. The minimum atomic E-state index is -3.29. The van der Waals surface area contributed by atoms with Gasteiger partial charge in [-0.25, -0.2) is 0 Å². The molecular formula is C8H6BrClF2O. The lowest BCUT2D eigenvalue weighted by Crippen LogP contribution is -2.18. The van der Waals surface area contributed by atoms with Crippen LogP contribution in [0.4, 0.5) is 8.78 Å². The molecule has 1 aromatic rings. The number of hydrogen-bond donors (Lipinski definition) is 1. The number of benzene rings is 1. The second kappa shape index (κ2) is 3.90. The van der Waals surface area contributed by atoms with Crippen molar-refractivity contribution in [2.24, 2.45) is 0 Å². The molecule has 1 N–H and O–H groups in total. The summed E-state index contributed by atoms with van der Waals surface area (Å²) in [5.74, 6) is -3.29. The third kappa shape index (κ3) is 2.39. The summed E-state index contributed by atoms with van der Waals surface area (Å²) in [7, 11) is 0. The number of aliphatic hydroxyl groups excluding tert-OH is 1. The van der Waals surface area contributed by atoms with Gasteiger partial charge in [0.05, 0.1) is 0 Å². The van der Waals surface area contributed by atoms with E-state index in [9.17, 15) is 8.78 Å². The average molecular weight is 271 g/mol. The fraction of sp³-hybridized carbons (Fsp3) is 0.250. The first-order chi connectivity index (χ1) is 5.97. The summed E-state index contributed by atoms with van der Waals surface area (Å²) in [5, 5.41) is 8.39. The molecule has 0 radical (unpaired) electrons. The molecule has 0 saturated carbocycles. The molecule has 0 aliphatic rings. The summed E-state index contributed by atoms with van der Waals surface area (Å²) < 4.78 is 26.4. The zero-order chi connectivity index (χ0) is 10.1. The van der Waals surface area contributed by atoms with E-state index < -0.39 is 12.5 Å². The SMILES string of the molecule is OCC(F)(F)c1cc(Br)ccc1Cl. The van der Waals surface area contributed by atoms with Gasteiger partial charge in [0.1, 0.15) is 6.61 Å². The molecule has 13 heavy (non-hydrogen) atoms.